The maximum Gasteiger partial charge on any atom is 0.275 e. The largest absolute Gasteiger partial charge is 0.356 e. The van der Waals surface area contributed by atoms with Crippen molar-refractivity contribution >= 4 is 23.0 Å². The molecule has 0 saturated heterocycles. The molecule has 3 aromatic carbocycles. The van der Waals surface area contributed by atoms with Gasteiger partial charge in [0.25, 0.3) is 5.56 Å². The average molecular weight is 485 g/mol. The molecule has 0 aliphatic heterocycles. The lowest BCUT2D eigenvalue weighted by molar-refractivity contribution is -0.118. The molecule has 0 aliphatic carbocycles. The van der Waals surface area contributed by atoms with E-state index in [1.165, 1.54) is 12.1 Å². The summed E-state index contributed by atoms with van der Waals surface area (Å²) in [5.74, 6) is -0.546. The SMILES string of the molecule is CC[C@H](NC)C(=O)Nc1ccc(-c2ccccc2)n(Cc2cccc(Nc3ccc(F)cc3)c2)c1=O. The van der Waals surface area contributed by atoms with Crippen molar-refractivity contribution in [1.82, 2.24) is 9.88 Å². The molecule has 3 N–H and O–H groups in total. The molecular weight excluding hydrogens is 455 g/mol. The van der Waals surface area contributed by atoms with Crippen LogP contribution in [0.5, 0.6) is 0 Å². The molecule has 1 atom stereocenters. The van der Waals surface area contributed by atoms with Gasteiger partial charge in [0, 0.05) is 11.4 Å². The van der Waals surface area contributed by atoms with Crippen molar-refractivity contribution in [3.63, 3.8) is 0 Å². The number of carbonyl (C=O) groups is 1. The number of benzene rings is 3. The van der Waals surface area contributed by atoms with E-state index in [2.05, 4.69) is 16.0 Å². The van der Waals surface area contributed by atoms with Crippen LogP contribution in [0.25, 0.3) is 11.3 Å². The molecule has 0 fully saturated rings. The summed E-state index contributed by atoms with van der Waals surface area (Å²) in [6.45, 7) is 2.21. The second-order valence-electron chi connectivity index (χ2n) is 8.46. The Balaban J connectivity index is 1.69. The van der Waals surface area contributed by atoms with Gasteiger partial charge in [-0.3, -0.25) is 9.59 Å². The van der Waals surface area contributed by atoms with Gasteiger partial charge in [0.1, 0.15) is 11.5 Å². The number of anilines is 3. The Labute approximate surface area is 209 Å². The van der Waals surface area contributed by atoms with Crippen molar-refractivity contribution in [3.05, 3.63) is 113 Å². The summed E-state index contributed by atoms with van der Waals surface area (Å²) in [5.41, 5.74) is 4.06. The predicted molar refractivity (Wildman–Crippen MR) is 143 cm³/mol. The van der Waals surface area contributed by atoms with Gasteiger partial charge in [-0.15, -0.1) is 0 Å². The highest BCUT2D eigenvalue weighted by atomic mass is 19.1. The second kappa shape index (κ2) is 11.5. The molecule has 0 aliphatic rings. The van der Waals surface area contributed by atoms with Crippen LogP contribution >= 0.6 is 0 Å². The number of amides is 1. The standard InChI is InChI=1S/C29H29FN4O2/c1-3-25(31-2)28(35)33-26-16-17-27(21-9-5-4-6-10-21)34(29(26)36)19-20-8-7-11-24(18-20)32-23-14-12-22(30)13-15-23/h4-18,25,31-32H,3,19H2,1-2H3,(H,33,35)/t25-/m0/s1. The van der Waals surface area contributed by atoms with Crippen LogP contribution in [0.1, 0.15) is 18.9 Å². The molecule has 7 heteroatoms. The normalized spacial score (nSPS) is 11.6. The average Bonchev–Trinajstić information content (AvgIpc) is 2.89. The first-order valence-electron chi connectivity index (χ1n) is 11.9. The molecule has 36 heavy (non-hydrogen) atoms. The van der Waals surface area contributed by atoms with Gasteiger partial charge >= 0.3 is 0 Å². The molecule has 0 bridgehead atoms. The minimum Gasteiger partial charge on any atom is -0.356 e. The molecule has 0 saturated carbocycles. The van der Waals surface area contributed by atoms with Gasteiger partial charge in [0.05, 0.1) is 18.3 Å². The molecule has 0 unspecified atom stereocenters. The van der Waals surface area contributed by atoms with E-state index in [1.54, 1.807) is 29.8 Å². The first kappa shape index (κ1) is 24.9. The van der Waals surface area contributed by atoms with E-state index in [4.69, 9.17) is 0 Å². The fourth-order valence-corrected chi connectivity index (χ4v) is 4.06. The molecule has 4 rings (SSSR count). The molecular formula is C29H29FN4O2. The van der Waals surface area contributed by atoms with Crippen LogP contribution in [0, 0.1) is 5.82 Å². The monoisotopic (exact) mass is 484 g/mol. The molecule has 4 aromatic rings. The van der Waals surface area contributed by atoms with Gasteiger partial charge in [-0.1, -0.05) is 49.4 Å². The molecule has 0 radical (unpaired) electrons. The Kier molecular flexibility index (Phi) is 7.92. The zero-order valence-corrected chi connectivity index (χ0v) is 20.3. The zero-order valence-electron chi connectivity index (χ0n) is 20.3. The van der Waals surface area contributed by atoms with E-state index >= 15 is 0 Å². The van der Waals surface area contributed by atoms with Gasteiger partial charge in [0.2, 0.25) is 5.91 Å². The Morgan fingerprint density at radius 1 is 0.917 bits per heavy atom. The van der Waals surface area contributed by atoms with E-state index in [1.807, 2.05) is 67.6 Å². The minimum atomic E-state index is -0.388. The van der Waals surface area contributed by atoms with Crippen LogP contribution in [0.4, 0.5) is 21.5 Å². The molecule has 1 aromatic heterocycles. The third kappa shape index (κ3) is 5.87. The lowest BCUT2D eigenvalue weighted by Gasteiger charge is -2.18. The number of hydrogen-bond donors (Lipinski definition) is 3. The summed E-state index contributed by atoms with van der Waals surface area (Å²) in [5, 5.41) is 9.01. The molecule has 0 spiro atoms. The predicted octanol–water partition coefficient (Wildman–Crippen LogP) is 5.38. The van der Waals surface area contributed by atoms with Gasteiger partial charge < -0.3 is 20.5 Å². The lowest BCUT2D eigenvalue weighted by atomic mass is 10.1. The number of nitrogens with one attached hydrogen (secondary N) is 3. The summed E-state index contributed by atoms with van der Waals surface area (Å²) >= 11 is 0. The molecule has 184 valence electrons. The lowest BCUT2D eigenvalue weighted by Crippen LogP contribution is -2.39. The van der Waals surface area contributed by atoms with Crippen molar-refractivity contribution in [2.24, 2.45) is 0 Å². The first-order chi connectivity index (χ1) is 17.5. The van der Waals surface area contributed by atoms with Crippen LogP contribution in [0.15, 0.2) is 95.8 Å². The van der Waals surface area contributed by atoms with Crippen LogP contribution in [-0.2, 0) is 11.3 Å². The number of halogens is 1. The third-order valence-electron chi connectivity index (χ3n) is 5.98. The molecule has 1 amide bonds. The summed E-state index contributed by atoms with van der Waals surface area (Å²) in [6.07, 6.45) is 0.604. The Morgan fingerprint density at radius 3 is 2.36 bits per heavy atom. The number of likely N-dealkylation sites (N-methyl/N-ethyl adjacent to an activating group) is 1. The number of aromatic nitrogens is 1. The maximum atomic E-state index is 13.6. The van der Waals surface area contributed by atoms with E-state index in [0.717, 1.165) is 28.2 Å². The highest BCUT2D eigenvalue weighted by molar-refractivity contribution is 5.94. The summed E-state index contributed by atoms with van der Waals surface area (Å²) in [4.78, 5) is 26.2. The van der Waals surface area contributed by atoms with E-state index < -0.39 is 0 Å². The third-order valence-corrected chi connectivity index (χ3v) is 5.98. The van der Waals surface area contributed by atoms with Crippen LogP contribution < -0.4 is 21.5 Å². The topological polar surface area (TPSA) is 75.2 Å². The van der Waals surface area contributed by atoms with Gasteiger partial charge in [-0.2, -0.15) is 0 Å². The second-order valence-corrected chi connectivity index (χ2v) is 8.46. The Bertz CT molecular complexity index is 1380. The Morgan fingerprint density at radius 2 is 1.67 bits per heavy atom. The van der Waals surface area contributed by atoms with Crippen molar-refractivity contribution in [2.75, 3.05) is 17.7 Å². The number of carbonyl (C=O) groups excluding carboxylic acids is 1. The summed E-state index contributed by atoms with van der Waals surface area (Å²) in [7, 11) is 1.72. The minimum absolute atomic E-state index is 0.231. The fraction of sp³-hybridized carbons (Fsp3) is 0.172. The number of rotatable bonds is 9. The van der Waals surface area contributed by atoms with Crippen molar-refractivity contribution in [3.8, 4) is 11.3 Å². The number of hydrogen-bond acceptors (Lipinski definition) is 4. The fourth-order valence-electron chi connectivity index (χ4n) is 4.06. The first-order valence-corrected chi connectivity index (χ1v) is 11.9. The van der Waals surface area contributed by atoms with Crippen LogP contribution in [0.2, 0.25) is 0 Å². The smallest absolute Gasteiger partial charge is 0.275 e. The van der Waals surface area contributed by atoms with E-state index in [-0.39, 0.29) is 29.0 Å². The van der Waals surface area contributed by atoms with Gasteiger partial charge in [-0.05, 0) is 73.1 Å². The molecule has 6 nitrogen and oxygen atoms in total. The summed E-state index contributed by atoms with van der Waals surface area (Å²) in [6, 6.07) is 26.6. The van der Waals surface area contributed by atoms with E-state index in [0.29, 0.717) is 13.0 Å². The van der Waals surface area contributed by atoms with Crippen LogP contribution in [0.3, 0.4) is 0 Å². The maximum absolute atomic E-state index is 13.6. The van der Waals surface area contributed by atoms with Crippen LogP contribution in [-0.4, -0.2) is 23.6 Å². The van der Waals surface area contributed by atoms with Crippen molar-refractivity contribution in [1.29, 1.82) is 0 Å². The van der Waals surface area contributed by atoms with E-state index in [9.17, 15) is 14.0 Å². The number of pyridine rings is 1. The molecule has 1 heterocycles. The quantitative estimate of drug-likeness (QED) is 0.298. The van der Waals surface area contributed by atoms with Crippen molar-refractivity contribution < 1.29 is 9.18 Å². The van der Waals surface area contributed by atoms with Crippen molar-refractivity contribution in [2.45, 2.75) is 25.9 Å². The van der Waals surface area contributed by atoms with Gasteiger partial charge in [-0.25, -0.2) is 4.39 Å². The highest BCUT2D eigenvalue weighted by Crippen LogP contribution is 2.23. The Hall–Kier alpha value is -4.23. The highest BCUT2D eigenvalue weighted by Gasteiger charge is 2.18. The zero-order chi connectivity index (χ0) is 25.5. The number of nitrogens with zero attached hydrogens (tertiary/aromatic N) is 1. The van der Waals surface area contributed by atoms with Gasteiger partial charge in [0.15, 0.2) is 0 Å². The summed E-state index contributed by atoms with van der Waals surface area (Å²) < 4.78 is 14.9.